The lowest BCUT2D eigenvalue weighted by Crippen LogP contribution is -2.53. The summed E-state index contributed by atoms with van der Waals surface area (Å²) in [5.74, 6) is -1.00. The fourth-order valence-corrected chi connectivity index (χ4v) is 7.69. The zero-order chi connectivity index (χ0) is 22.5. The fraction of sp³-hybridized carbons (Fsp3) is 0.760. The summed E-state index contributed by atoms with van der Waals surface area (Å²) in [6.45, 7) is 12.2. The van der Waals surface area contributed by atoms with Crippen LogP contribution in [0, 0.1) is 34.5 Å². The normalized spacial score (nSPS) is 49.1. The third-order valence-corrected chi connectivity index (χ3v) is 9.84. The molecule has 0 aromatic rings. The van der Waals surface area contributed by atoms with Gasteiger partial charge in [-0.25, -0.2) is 0 Å². The smallest absolute Gasteiger partial charge is 0.315 e. The first-order valence-corrected chi connectivity index (χ1v) is 11.8. The Bertz CT molecular complexity index is 896. The van der Waals surface area contributed by atoms with Crippen molar-refractivity contribution in [2.45, 2.75) is 83.6 Å². The number of esters is 1. The van der Waals surface area contributed by atoms with Crippen molar-refractivity contribution in [1.82, 2.24) is 5.32 Å². The van der Waals surface area contributed by atoms with Crippen molar-refractivity contribution in [3.8, 4) is 0 Å². The zero-order valence-corrected chi connectivity index (χ0v) is 19.0. The fourth-order valence-electron chi connectivity index (χ4n) is 7.69. The second-order valence-electron chi connectivity index (χ2n) is 11.2. The van der Waals surface area contributed by atoms with E-state index in [0.29, 0.717) is 25.2 Å². The van der Waals surface area contributed by atoms with E-state index in [9.17, 15) is 19.8 Å². The molecule has 6 nitrogen and oxygen atoms in total. The minimum absolute atomic E-state index is 0.00273. The number of allylic oxidation sites excluding steroid dienone is 1. The van der Waals surface area contributed by atoms with Gasteiger partial charge < -0.3 is 20.3 Å². The van der Waals surface area contributed by atoms with Gasteiger partial charge in [0, 0.05) is 12.0 Å². The maximum Gasteiger partial charge on any atom is 0.315 e. The van der Waals surface area contributed by atoms with Gasteiger partial charge in [0.25, 0.3) is 0 Å². The molecular formula is C25H35NO5. The Morgan fingerprint density at radius 1 is 1.42 bits per heavy atom. The molecule has 1 aliphatic heterocycles. The quantitative estimate of drug-likeness (QED) is 0.471. The summed E-state index contributed by atoms with van der Waals surface area (Å²) in [4.78, 5) is 26.9. The van der Waals surface area contributed by atoms with Gasteiger partial charge in [-0.3, -0.25) is 9.59 Å². The number of aliphatic hydroxyl groups is 2. The highest BCUT2D eigenvalue weighted by Gasteiger charge is 2.75. The van der Waals surface area contributed by atoms with Crippen LogP contribution in [0.15, 0.2) is 23.8 Å². The lowest BCUT2D eigenvalue weighted by atomic mass is 9.60. The summed E-state index contributed by atoms with van der Waals surface area (Å²) in [5, 5.41) is 25.5. The van der Waals surface area contributed by atoms with Crippen LogP contribution in [0.1, 0.15) is 59.8 Å². The maximum absolute atomic E-state index is 13.9. The molecule has 10 atom stereocenters. The Balaban J connectivity index is 1.63. The van der Waals surface area contributed by atoms with Crippen LogP contribution in [-0.4, -0.2) is 45.9 Å². The van der Waals surface area contributed by atoms with Crippen LogP contribution in [0.4, 0.5) is 0 Å². The minimum Gasteiger partial charge on any atom is -0.455 e. The first kappa shape index (κ1) is 21.2. The number of hydrogen-bond acceptors (Lipinski definition) is 5. The molecule has 4 bridgehead atoms. The van der Waals surface area contributed by atoms with Crippen LogP contribution in [0.2, 0.25) is 0 Å². The molecule has 6 heteroatoms. The van der Waals surface area contributed by atoms with Crippen LogP contribution >= 0.6 is 0 Å². The average molecular weight is 430 g/mol. The first-order valence-electron chi connectivity index (χ1n) is 11.8. The monoisotopic (exact) mass is 429 g/mol. The van der Waals surface area contributed by atoms with Crippen LogP contribution < -0.4 is 5.32 Å². The first-order chi connectivity index (χ1) is 14.5. The second-order valence-corrected chi connectivity index (χ2v) is 11.2. The predicted molar refractivity (Wildman–Crippen MR) is 115 cm³/mol. The Labute approximate surface area is 184 Å². The van der Waals surface area contributed by atoms with Crippen LogP contribution in [0.25, 0.3) is 0 Å². The van der Waals surface area contributed by atoms with Crippen molar-refractivity contribution < 1.29 is 24.5 Å². The van der Waals surface area contributed by atoms with Gasteiger partial charge in [0.1, 0.15) is 17.6 Å². The highest BCUT2D eigenvalue weighted by Crippen LogP contribution is 2.74. The van der Waals surface area contributed by atoms with Crippen molar-refractivity contribution in [3.05, 3.63) is 23.8 Å². The largest absolute Gasteiger partial charge is 0.455 e. The Kier molecular flexibility index (Phi) is 4.41. The Morgan fingerprint density at radius 2 is 2.13 bits per heavy atom. The number of aliphatic hydroxyl groups excluding tert-OH is 1. The summed E-state index contributed by atoms with van der Waals surface area (Å²) in [6, 6.07) is -0.00273. The number of nitrogens with one attached hydrogen (secondary N) is 1. The summed E-state index contributed by atoms with van der Waals surface area (Å²) in [7, 11) is 0. The highest BCUT2D eigenvalue weighted by atomic mass is 16.6. The van der Waals surface area contributed by atoms with Crippen molar-refractivity contribution in [2.75, 3.05) is 0 Å². The van der Waals surface area contributed by atoms with Gasteiger partial charge in [0.05, 0.1) is 11.5 Å². The van der Waals surface area contributed by atoms with Crippen molar-refractivity contribution in [2.24, 2.45) is 34.5 Å². The van der Waals surface area contributed by atoms with Crippen LogP contribution in [-0.2, 0) is 14.3 Å². The van der Waals surface area contributed by atoms with Crippen LogP contribution in [0.5, 0.6) is 0 Å². The molecule has 5 rings (SSSR count). The SMILES string of the molecule is C=C1C[C@]23C[C@@]1(O)CC[C@H]2C1=C[C@@H]2OC(=O)[C@@](C)([C@H]1[C@@H]3C(=O)N[C@H](C)[C@@H](C)CC)[C@H]2O. The number of amides is 1. The topological polar surface area (TPSA) is 95.9 Å². The summed E-state index contributed by atoms with van der Waals surface area (Å²) >= 11 is 0. The van der Waals surface area contributed by atoms with E-state index >= 15 is 0 Å². The van der Waals surface area contributed by atoms with Crippen molar-refractivity contribution >= 4 is 11.9 Å². The number of ether oxygens (including phenoxy) is 1. The summed E-state index contributed by atoms with van der Waals surface area (Å²) in [6.07, 6.45) is 3.74. The van der Waals surface area contributed by atoms with Gasteiger partial charge in [-0.15, -0.1) is 0 Å². The van der Waals surface area contributed by atoms with Gasteiger partial charge in [-0.1, -0.05) is 32.4 Å². The van der Waals surface area contributed by atoms with E-state index in [0.717, 1.165) is 24.0 Å². The number of carbonyl (C=O) groups excluding carboxylic acids is 2. The van der Waals surface area contributed by atoms with E-state index in [1.165, 1.54) is 0 Å². The summed E-state index contributed by atoms with van der Waals surface area (Å²) < 4.78 is 5.54. The molecule has 3 N–H and O–H groups in total. The molecule has 1 spiro atoms. The van der Waals surface area contributed by atoms with E-state index in [4.69, 9.17) is 4.74 Å². The van der Waals surface area contributed by atoms with Gasteiger partial charge in [-0.2, -0.15) is 0 Å². The molecule has 4 fully saturated rings. The standard InChI is InChI=1S/C25H35NO5/c1-6-12(2)14(4)26-21(28)19-18-15(9-17-20(27)23(18,5)22(29)31-17)16-7-8-25(30)11-24(16,19)10-13(25)3/h9,12,14,16-20,27,30H,3,6-8,10-11H2,1-2,4-5H3,(H,26,28)/t12-,14+,16-,17-,18+,19+,20-,23-,24-,25-/m0/s1. The maximum atomic E-state index is 13.9. The summed E-state index contributed by atoms with van der Waals surface area (Å²) in [5.41, 5.74) is -0.667. The average Bonchev–Trinajstić information content (AvgIpc) is 3.15. The second kappa shape index (κ2) is 6.44. The molecule has 1 saturated heterocycles. The molecule has 31 heavy (non-hydrogen) atoms. The van der Waals surface area contributed by atoms with E-state index in [1.807, 2.05) is 13.0 Å². The molecule has 1 amide bonds. The lowest BCUT2D eigenvalue weighted by Gasteiger charge is -2.43. The molecular weight excluding hydrogens is 394 g/mol. The Morgan fingerprint density at radius 3 is 2.81 bits per heavy atom. The van der Waals surface area contributed by atoms with E-state index in [2.05, 4.69) is 25.7 Å². The van der Waals surface area contributed by atoms with Gasteiger partial charge >= 0.3 is 5.97 Å². The molecule has 0 aromatic heterocycles. The molecule has 4 aliphatic carbocycles. The van der Waals surface area contributed by atoms with Crippen molar-refractivity contribution in [1.29, 1.82) is 0 Å². The minimum atomic E-state index is -1.15. The molecule has 0 aromatic carbocycles. The van der Waals surface area contributed by atoms with E-state index in [1.54, 1.807) is 6.92 Å². The van der Waals surface area contributed by atoms with Gasteiger partial charge in [0.2, 0.25) is 5.91 Å². The zero-order valence-electron chi connectivity index (χ0n) is 19.0. The predicted octanol–water partition coefficient (Wildman–Crippen LogP) is 2.49. The van der Waals surface area contributed by atoms with Crippen molar-refractivity contribution in [3.63, 3.8) is 0 Å². The number of fused-ring (bicyclic) bond motifs is 6. The third kappa shape index (κ3) is 2.46. The van der Waals surface area contributed by atoms with E-state index in [-0.39, 0.29) is 17.9 Å². The molecule has 170 valence electrons. The lowest BCUT2D eigenvalue weighted by molar-refractivity contribution is -0.151. The van der Waals surface area contributed by atoms with Gasteiger partial charge in [0.15, 0.2) is 0 Å². The third-order valence-electron chi connectivity index (χ3n) is 9.84. The molecule has 3 saturated carbocycles. The number of rotatable bonds is 4. The number of carbonyl (C=O) groups is 2. The number of hydrogen-bond donors (Lipinski definition) is 3. The molecule has 1 heterocycles. The Hall–Kier alpha value is -1.66. The molecule has 0 radical (unpaired) electrons. The highest BCUT2D eigenvalue weighted by molar-refractivity contribution is 5.88. The van der Waals surface area contributed by atoms with Crippen LogP contribution in [0.3, 0.4) is 0 Å². The van der Waals surface area contributed by atoms with Gasteiger partial charge in [-0.05, 0) is 68.4 Å². The van der Waals surface area contributed by atoms with E-state index < -0.39 is 46.4 Å². The molecule has 0 unspecified atom stereocenters. The molecule has 5 aliphatic rings.